The Morgan fingerprint density at radius 2 is 1.93 bits per heavy atom. The summed E-state index contributed by atoms with van der Waals surface area (Å²) in [6.07, 6.45) is 4.18. The molecule has 3 aromatic heterocycles. The molecule has 7 heteroatoms. The van der Waals surface area contributed by atoms with Crippen molar-refractivity contribution >= 4 is 22.1 Å². The van der Waals surface area contributed by atoms with Crippen LogP contribution in [0.4, 0.5) is 5.13 Å². The molecule has 4 rings (SSSR count). The maximum absolute atomic E-state index is 5.46. The van der Waals surface area contributed by atoms with Crippen LogP contribution < -0.4 is 4.90 Å². The highest BCUT2D eigenvalue weighted by molar-refractivity contribution is 7.18. The maximum Gasteiger partial charge on any atom is 0.186 e. The van der Waals surface area contributed by atoms with Gasteiger partial charge in [0.25, 0.3) is 0 Å². The van der Waals surface area contributed by atoms with Gasteiger partial charge in [0, 0.05) is 24.8 Å². The largest absolute Gasteiger partial charge is 0.378 e. The van der Waals surface area contributed by atoms with Crippen LogP contribution in [0.2, 0.25) is 0 Å². The molecule has 0 aromatic carbocycles. The molecule has 4 heterocycles. The van der Waals surface area contributed by atoms with E-state index in [4.69, 9.17) is 14.8 Å². The molecule has 0 saturated carbocycles. The Labute approximate surface area is 164 Å². The molecule has 27 heavy (non-hydrogen) atoms. The standard InChI is InChI=1S/C20H27N5OS/c1-5-15(6-2)16-11-13(3)23-25-18(14(4)22-19(16)25)17-12-21-20(27-17)24-7-9-26-10-8-24/h11-12,15H,5-10H2,1-4H3. The Kier molecular flexibility index (Phi) is 5.14. The first kappa shape index (κ1) is 18.4. The minimum Gasteiger partial charge on any atom is -0.378 e. The molecule has 1 aliphatic heterocycles. The van der Waals surface area contributed by atoms with Gasteiger partial charge in [-0.05, 0) is 38.7 Å². The van der Waals surface area contributed by atoms with Crippen molar-refractivity contribution in [3.05, 3.63) is 29.2 Å². The number of fused-ring (bicyclic) bond motifs is 1. The summed E-state index contributed by atoms with van der Waals surface area (Å²) in [5.74, 6) is 0.509. The van der Waals surface area contributed by atoms with E-state index in [1.807, 2.05) is 10.7 Å². The van der Waals surface area contributed by atoms with Crippen LogP contribution in [0.15, 0.2) is 12.3 Å². The second-order valence-corrected chi connectivity index (χ2v) is 8.15. The number of hydrogen-bond acceptors (Lipinski definition) is 6. The van der Waals surface area contributed by atoms with Gasteiger partial charge in [-0.3, -0.25) is 0 Å². The zero-order chi connectivity index (χ0) is 19.0. The van der Waals surface area contributed by atoms with Gasteiger partial charge < -0.3 is 9.64 Å². The van der Waals surface area contributed by atoms with E-state index in [1.165, 1.54) is 5.56 Å². The van der Waals surface area contributed by atoms with Crippen molar-refractivity contribution < 1.29 is 4.74 Å². The Hall–Kier alpha value is -1.99. The zero-order valence-corrected chi connectivity index (χ0v) is 17.3. The number of thiazole rings is 1. The Bertz CT molecular complexity index is 937. The first-order valence-corrected chi connectivity index (χ1v) is 10.6. The van der Waals surface area contributed by atoms with E-state index in [2.05, 4.69) is 43.6 Å². The summed E-state index contributed by atoms with van der Waals surface area (Å²) in [5, 5.41) is 5.86. The van der Waals surface area contributed by atoms with Crippen molar-refractivity contribution in [2.75, 3.05) is 31.2 Å². The van der Waals surface area contributed by atoms with E-state index >= 15 is 0 Å². The van der Waals surface area contributed by atoms with Gasteiger partial charge in [0.15, 0.2) is 10.8 Å². The number of anilines is 1. The van der Waals surface area contributed by atoms with Gasteiger partial charge in [0.1, 0.15) is 5.69 Å². The van der Waals surface area contributed by atoms with Crippen molar-refractivity contribution in [2.24, 2.45) is 0 Å². The van der Waals surface area contributed by atoms with Crippen LogP contribution in [0.3, 0.4) is 0 Å². The second-order valence-electron chi connectivity index (χ2n) is 7.14. The van der Waals surface area contributed by atoms with Crippen molar-refractivity contribution in [1.82, 2.24) is 19.6 Å². The molecule has 1 aliphatic rings. The lowest BCUT2D eigenvalue weighted by molar-refractivity contribution is 0.122. The molecule has 0 atom stereocenters. The minimum atomic E-state index is 0.509. The minimum absolute atomic E-state index is 0.509. The third-order valence-corrected chi connectivity index (χ3v) is 6.41. The first-order chi connectivity index (χ1) is 13.1. The van der Waals surface area contributed by atoms with Gasteiger partial charge in [-0.25, -0.2) is 14.5 Å². The van der Waals surface area contributed by atoms with E-state index in [0.29, 0.717) is 5.92 Å². The van der Waals surface area contributed by atoms with Crippen LogP contribution in [-0.2, 0) is 4.74 Å². The summed E-state index contributed by atoms with van der Waals surface area (Å²) < 4.78 is 7.49. The van der Waals surface area contributed by atoms with Crippen LogP contribution in [0.25, 0.3) is 16.2 Å². The molecule has 0 N–H and O–H groups in total. The fraction of sp³-hybridized carbons (Fsp3) is 0.550. The van der Waals surface area contributed by atoms with Gasteiger partial charge in [0.2, 0.25) is 0 Å². The monoisotopic (exact) mass is 385 g/mol. The summed E-state index contributed by atoms with van der Waals surface area (Å²) in [7, 11) is 0. The van der Waals surface area contributed by atoms with Crippen LogP contribution in [0.1, 0.15) is 49.6 Å². The normalized spacial score (nSPS) is 15.2. The predicted octanol–water partition coefficient (Wildman–Crippen LogP) is 4.21. The third kappa shape index (κ3) is 3.34. The van der Waals surface area contributed by atoms with Crippen LogP contribution in [-0.4, -0.2) is 45.9 Å². The van der Waals surface area contributed by atoms with Gasteiger partial charge in [-0.15, -0.1) is 0 Å². The molecular weight excluding hydrogens is 358 g/mol. The molecule has 6 nitrogen and oxygen atoms in total. The SMILES string of the molecule is CCC(CC)c1cc(C)nn2c(-c3cnc(N4CCOCC4)s3)c(C)nc12. The fourth-order valence-electron chi connectivity index (χ4n) is 3.87. The van der Waals surface area contributed by atoms with E-state index in [1.54, 1.807) is 11.3 Å². The van der Waals surface area contributed by atoms with Crippen molar-refractivity contribution in [3.8, 4) is 10.6 Å². The predicted molar refractivity (Wildman–Crippen MR) is 110 cm³/mol. The summed E-state index contributed by atoms with van der Waals surface area (Å²) in [5.41, 5.74) is 5.40. The highest BCUT2D eigenvalue weighted by Crippen LogP contribution is 2.35. The molecule has 0 bridgehead atoms. The van der Waals surface area contributed by atoms with Crippen molar-refractivity contribution in [1.29, 1.82) is 0 Å². The summed E-state index contributed by atoms with van der Waals surface area (Å²) in [4.78, 5) is 13.0. The lowest BCUT2D eigenvalue weighted by atomic mass is 9.95. The average Bonchev–Trinajstić information content (AvgIpc) is 3.27. The van der Waals surface area contributed by atoms with Gasteiger partial charge in [0.05, 0.1) is 29.5 Å². The number of morpholine rings is 1. The summed E-state index contributed by atoms with van der Waals surface area (Å²) in [6.45, 7) is 12.0. The molecule has 0 aliphatic carbocycles. The number of rotatable bonds is 5. The van der Waals surface area contributed by atoms with Crippen LogP contribution in [0.5, 0.6) is 0 Å². The van der Waals surface area contributed by atoms with Gasteiger partial charge >= 0.3 is 0 Å². The molecule has 1 fully saturated rings. The Morgan fingerprint density at radius 1 is 1.19 bits per heavy atom. The lowest BCUT2D eigenvalue weighted by Gasteiger charge is -2.25. The molecule has 1 saturated heterocycles. The van der Waals surface area contributed by atoms with Crippen molar-refractivity contribution in [3.63, 3.8) is 0 Å². The van der Waals surface area contributed by atoms with Gasteiger partial charge in [-0.2, -0.15) is 5.10 Å². The summed E-state index contributed by atoms with van der Waals surface area (Å²) >= 11 is 1.72. The van der Waals surface area contributed by atoms with Crippen LogP contribution >= 0.6 is 11.3 Å². The maximum atomic E-state index is 5.46. The Balaban J connectivity index is 1.80. The third-order valence-electron chi connectivity index (χ3n) is 5.34. The smallest absolute Gasteiger partial charge is 0.186 e. The number of ether oxygens (including phenoxy) is 1. The summed E-state index contributed by atoms with van der Waals surface area (Å²) in [6, 6.07) is 2.20. The first-order valence-electron chi connectivity index (χ1n) is 9.78. The molecule has 0 spiro atoms. The van der Waals surface area contributed by atoms with E-state index in [-0.39, 0.29) is 0 Å². The number of aryl methyl sites for hydroxylation is 2. The van der Waals surface area contributed by atoms with E-state index < -0.39 is 0 Å². The number of imidazole rings is 1. The average molecular weight is 386 g/mol. The van der Waals surface area contributed by atoms with Crippen LogP contribution in [0, 0.1) is 13.8 Å². The highest BCUT2D eigenvalue weighted by atomic mass is 32.1. The van der Waals surface area contributed by atoms with E-state index in [9.17, 15) is 0 Å². The highest BCUT2D eigenvalue weighted by Gasteiger charge is 2.22. The topological polar surface area (TPSA) is 55.5 Å². The lowest BCUT2D eigenvalue weighted by Crippen LogP contribution is -2.36. The molecule has 0 unspecified atom stereocenters. The molecule has 3 aromatic rings. The fourth-order valence-corrected chi connectivity index (χ4v) is 4.92. The van der Waals surface area contributed by atoms with Crippen molar-refractivity contribution in [2.45, 2.75) is 46.5 Å². The van der Waals surface area contributed by atoms with E-state index in [0.717, 1.165) is 71.9 Å². The molecule has 144 valence electrons. The number of hydrogen-bond donors (Lipinski definition) is 0. The zero-order valence-electron chi connectivity index (χ0n) is 16.5. The molecule has 0 amide bonds. The number of nitrogens with zero attached hydrogens (tertiary/aromatic N) is 5. The Morgan fingerprint density at radius 3 is 2.63 bits per heavy atom. The van der Waals surface area contributed by atoms with Gasteiger partial charge in [-0.1, -0.05) is 25.2 Å². The number of aromatic nitrogens is 4. The molecular formula is C20H27N5OS. The molecule has 0 radical (unpaired) electrons. The second kappa shape index (κ2) is 7.56. The quantitative estimate of drug-likeness (QED) is 0.658.